The Hall–Kier alpha value is -3.98. The second-order valence-electron chi connectivity index (χ2n) is 6.33. The van der Waals surface area contributed by atoms with Crippen LogP contribution < -0.4 is 16.0 Å². The number of hydrogen-bond acceptors (Lipinski definition) is 8. The number of fused-ring (bicyclic) bond motifs is 1. The minimum absolute atomic E-state index is 0.0276. The number of pyridine rings is 1. The van der Waals surface area contributed by atoms with Gasteiger partial charge in [0.05, 0.1) is 18.7 Å². The lowest BCUT2D eigenvalue weighted by Gasteiger charge is -2.13. The van der Waals surface area contributed by atoms with Gasteiger partial charge in [0.1, 0.15) is 6.61 Å². The lowest BCUT2D eigenvalue weighted by atomic mass is 10.1. The first-order valence-corrected chi connectivity index (χ1v) is 9.50. The molecule has 0 atom stereocenters. The number of rotatable bonds is 7. The van der Waals surface area contributed by atoms with Crippen molar-refractivity contribution in [1.82, 2.24) is 10.5 Å². The lowest BCUT2D eigenvalue weighted by molar-refractivity contribution is -0.147. The van der Waals surface area contributed by atoms with Crippen molar-refractivity contribution in [1.29, 1.82) is 0 Å². The van der Waals surface area contributed by atoms with Gasteiger partial charge in [-0.25, -0.2) is 14.6 Å². The Morgan fingerprint density at radius 3 is 2.65 bits per heavy atom. The molecule has 160 valence electrons. The zero-order valence-electron chi connectivity index (χ0n) is 16.8. The van der Waals surface area contributed by atoms with Crippen LogP contribution in [0.2, 0.25) is 0 Å². The van der Waals surface area contributed by atoms with Crippen LogP contribution in [-0.2, 0) is 21.0 Å². The summed E-state index contributed by atoms with van der Waals surface area (Å²) in [4.78, 5) is 44.3. The molecule has 0 bridgehead atoms. The predicted octanol–water partition coefficient (Wildman–Crippen LogP) is 2.14. The van der Waals surface area contributed by atoms with Crippen molar-refractivity contribution in [3.05, 3.63) is 71.5 Å². The maximum Gasteiger partial charge on any atom is 0.345 e. The zero-order valence-corrected chi connectivity index (χ0v) is 16.8. The molecule has 1 aromatic heterocycles. The van der Waals surface area contributed by atoms with Crippen molar-refractivity contribution in [3.8, 4) is 5.75 Å². The van der Waals surface area contributed by atoms with Gasteiger partial charge >= 0.3 is 17.8 Å². The number of hydroxylamine groups is 1. The number of amides is 1. The summed E-state index contributed by atoms with van der Waals surface area (Å²) in [7, 11) is 0. The SMILES string of the molecule is CCOC(=O)c1cnc(C(=O)NOC(=O)CN)c(OCc2cccc3ccccc23)c1. The van der Waals surface area contributed by atoms with E-state index >= 15 is 0 Å². The number of hydrogen-bond donors (Lipinski definition) is 2. The third-order valence-corrected chi connectivity index (χ3v) is 4.27. The molecule has 9 heteroatoms. The Kier molecular flexibility index (Phi) is 7.13. The van der Waals surface area contributed by atoms with Crippen molar-refractivity contribution in [2.75, 3.05) is 13.2 Å². The van der Waals surface area contributed by atoms with E-state index in [1.165, 1.54) is 12.3 Å². The maximum atomic E-state index is 12.4. The molecule has 0 aliphatic carbocycles. The van der Waals surface area contributed by atoms with E-state index in [0.29, 0.717) is 0 Å². The van der Waals surface area contributed by atoms with E-state index in [4.69, 9.17) is 15.2 Å². The number of esters is 1. The Balaban J connectivity index is 1.89. The molecule has 1 amide bonds. The molecule has 0 unspecified atom stereocenters. The van der Waals surface area contributed by atoms with Gasteiger partial charge in [-0.15, -0.1) is 0 Å². The van der Waals surface area contributed by atoms with E-state index in [2.05, 4.69) is 9.82 Å². The summed E-state index contributed by atoms with van der Waals surface area (Å²) in [6.45, 7) is 1.57. The Morgan fingerprint density at radius 1 is 1.10 bits per heavy atom. The highest BCUT2D eigenvalue weighted by Gasteiger charge is 2.20. The van der Waals surface area contributed by atoms with Gasteiger partial charge in [0.25, 0.3) is 0 Å². The minimum Gasteiger partial charge on any atom is -0.486 e. The molecular weight excluding hydrogens is 402 g/mol. The fourth-order valence-electron chi connectivity index (χ4n) is 2.82. The molecule has 0 aliphatic rings. The van der Waals surface area contributed by atoms with Crippen molar-refractivity contribution in [2.45, 2.75) is 13.5 Å². The van der Waals surface area contributed by atoms with Crippen LogP contribution in [0, 0.1) is 0 Å². The molecule has 3 N–H and O–H groups in total. The maximum absolute atomic E-state index is 12.4. The Bertz CT molecular complexity index is 1110. The van der Waals surface area contributed by atoms with Gasteiger partial charge in [0.2, 0.25) is 0 Å². The topological polar surface area (TPSA) is 130 Å². The normalized spacial score (nSPS) is 10.4. The highest BCUT2D eigenvalue weighted by Crippen LogP contribution is 2.23. The van der Waals surface area contributed by atoms with Crippen molar-refractivity contribution >= 4 is 28.6 Å². The molecule has 0 radical (unpaired) electrons. The number of nitrogens with zero attached hydrogens (tertiary/aromatic N) is 1. The number of nitrogens with two attached hydrogens (primary N) is 1. The summed E-state index contributed by atoms with van der Waals surface area (Å²) in [5.41, 5.74) is 7.94. The van der Waals surface area contributed by atoms with Crippen LogP contribution in [0.25, 0.3) is 10.8 Å². The van der Waals surface area contributed by atoms with E-state index in [1.54, 1.807) is 6.92 Å². The summed E-state index contributed by atoms with van der Waals surface area (Å²) in [5, 5.41) is 2.02. The number of ether oxygens (including phenoxy) is 2. The first-order chi connectivity index (χ1) is 15.0. The molecule has 3 aromatic rings. The van der Waals surface area contributed by atoms with Crippen LogP contribution in [0.15, 0.2) is 54.7 Å². The van der Waals surface area contributed by atoms with E-state index in [1.807, 2.05) is 47.9 Å². The molecule has 1 heterocycles. The average molecular weight is 423 g/mol. The lowest BCUT2D eigenvalue weighted by Crippen LogP contribution is -2.31. The molecule has 3 rings (SSSR count). The summed E-state index contributed by atoms with van der Waals surface area (Å²) < 4.78 is 10.8. The highest BCUT2D eigenvalue weighted by atomic mass is 16.7. The molecule has 31 heavy (non-hydrogen) atoms. The first-order valence-electron chi connectivity index (χ1n) is 9.50. The predicted molar refractivity (Wildman–Crippen MR) is 111 cm³/mol. The Labute approximate surface area is 178 Å². The summed E-state index contributed by atoms with van der Waals surface area (Å²) in [6, 6.07) is 14.9. The largest absolute Gasteiger partial charge is 0.486 e. The molecule has 0 saturated heterocycles. The van der Waals surface area contributed by atoms with Crippen LogP contribution in [-0.4, -0.2) is 36.0 Å². The van der Waals surface area contributed by atoms with E-state index in [9.17, 15) is 14.4 Å². The number of nitrogens with one attached hydrogen (secondary N) is 1. The Morgan fingerprint density at radius 2 is 1.87 bits per heavy atom. The molecular formula is C22H21N3O6. The fraction of sp³-hybridized carbons (Fsp3) is 0.182. The van der Waals surface area contributed by atoms with Gasteiger partial charge in [-0.05, 0) is 29.3 Å². The number of carbonyl (C=O) groups excluding carboxylic acids is 3. The van der Waals surface area contributed by atoms with Gasteiger partial charge in [-0.2, -0.15) is 5.48 Å². The fourth-order valence-corrected chi connectivity index (χ4v) is 2.82. The monoisotopic (exact) mass is 423 g/mol. The van der Waals surface area contributed by atoms with Crippen LogP contribution in [0.3, 0.4) is 0 Å². The second kappa shape index (κ2) is 10.2. The third-order valence-electron chi connectivity index (χ3n) is 4.27. The molecule has 0 fully saturated rings. The van der Waals surface area contributed by atoms with Gasteiger partial charge in [0.15, 0.2) is 11.4 Å². The van der Waals surface area contributed by atoms with Crippen LogP contribution in [0.4, 0.5) is 0 Å². The van der Waals surface area contributed by atoms with Crippen molar-refractivity contribution in [2.24, 2.45) is 5.73 Å². The van der Waals surface area contributed by atoms with Crippen molar-refractivity contribution < 1.29 is 28.7 Å². The number of carbonyl (C=O) groups is 3. The third kappa shape index (κ3) is 5.34. The summed E-state index contributed by atoms with van der Waals surface area (Å²) >= 11 is 0. The van der Waals surface area contributed by atoms with E-state index < -0.39 is 24.4 Å². The smallest absolute Gasteiger partial charge is 0.345 e. The van der Waals surface area contributed by atoms with Crippen LogP contribution >= 0.6 is 0 Å². The molecule has 2 aromatic carbocycles. The summed E-state index contributed by atoms with van der Waals surface area (Å²) in [5.74, 6) is -2.23. The van der Waals surface area contributed by atoms with Crippen molar-refractivity contribution in [3.63, 3.8) is 0 Å². The number of aromatic nitrogens is 1. The quantitative estimate of drug-likeness (QED) is 0.437. The minimum atomic E-state index is -0.829. The zero-order chi connectivity index (χ0) is 22.2. The van der Waals surface area contributed by atoms with Gasteiger partial charge in [-0.1, -0.05) is 42.5 Å². The van der Waals surface area contributed by atoms with Gasteiger partial charge in [0, 0.05) is 6.20 Å². The highest BCUT2D eigenvalue weighted by molar-refractivity contribution is 5.97. The number of benzene rings is 2. The second-order valence-corrected chi connectivity index (χ2v) is 6.33. The summed E-state index contributed by atoms with van der Waals surface area (Å²) in [6.07, 6.45) is 1.18. The first kappa shape index (κ1) is 21.7. The van der Waals surface area contributed by atoms with Gasteiger partial charge in [-0.3, -0.25) is 4.79 Å². The van der Waals surface area contributed by atoms with E-state index in [0.717, 1.165) is 16.3 Å². The molecule has 0 aliphatic heterocycles. The van der Waals surface area contributed by atoms with Crippen LogP contribution in [0.1, 0.15) is 33.3 Å². The molecule has 9 nitrogen and oxygen atoms in total. The molecule has 0 saturated carbocycles. The average Bonchev–Trinajstić information content (AvgIpc) is 2.80. The van der Waals surface area contributed by atoms with Crippen LogP contribution in [0.5, 0.6) is 5.75 Å². The van der Waals surface area contributed by atoms with Gasteiger partial charge < -0.3 is 20.0 Å². The molecule has 0 spiro atoms. The standard InChI is InChI=1S/C22H21N3O6/c1-2-29-22(28)16-10-18(20(24-12-16)21(27)25-31-19(26)11-23)30-13-15-8-5-7-14-6-3-4-9-17(14)15/h3-10,12H,2,11,13,23H2,1H3,(H,25,27). The van der Waals surface area contributed by atoms with E-state index in [-0.39, 0.29) is 30.2 Å².